The third-order valence-electron chi connectivity index (χ3n) is 4.84. The Morgan fingerprint density at radius 3 is 1.40 bits per heavy atom. The molecule has 0 aliphatic rings. The summed E-state index contributed by atoms with van der Waals surface area (Å²) in [6, 6.07) is 0. The van der Waals surface area contributed by atoms with Crippen LogP contribution in [-0.2, 0) is 0 Å². The number of hydrogen-bond acceptors (Lipinski definition) is 6. The van der Waals surface area contributed by atoms with Crippen LogP contribution in [-0.4, -0.2) is 65.3 Å². The van der Waals surface area contributed by atoms with Gasteiger partial charge in [-0.15, -0.1) is 6.58 Å². The first-order valence-corrected chi connectivity index (χ1v) is 6.46. The van der Waals surface area contributed by atoms with E-state index in [1.807, 2.05) is 0 Å². The van der Waals surface area contributed by atoms with Crippen molar-refractivity contribution in [1.82, 2.24) is 0 Å². The molecule has 6 heteroatoms. The van der Waals surface area contributed by atoms with Crippen LogP contribution in [0, 0.1) is 0 Å². The van der Waals surface area contributed by atoms with Gasteiger partial charge in [-0.25, -0.2) is 0 Å². The maximum absolute atomic E-state index is 10.6. The highest BCUT2D eigenvalue weighted by molar-refractivity contribution is 5.18. The normalized spacial score (nSPS) is 27.4. The molecule has 0 aromatic heterocycles. The lowest BCUT2D eigenvalue weighted by Gasteiger charge is -2.56. The molecule has 0 saturated carbocycles. The zero-order valence-corrected chi connectivity index (χ0v) is 12.9. The summed E-state index contributed by atoms with van der Waals surface area (Å²) in [5.41, 5.74) is -10.7. The highest BCUT2D eigenvalue weighted by atomic mass is 16.4. The average Bonchev–Trinajstić information content (AvgIpc) is 2.27. The van der Waals surface area contributed by atoms with Crippen LogP contribution in [0.4, 0.5) is 0 Å². The van der Waals surface area contributed by atoms with Crippen molar-refractivity contribution < 1.29 is 30.6 Å². The molecule has 0 aliphatic carbocycles. The molecule has 0 saturated heterocycles. The molecule has 5 atom stereocenters. The molecule has 0 radical (unpaired) electrons. The molecule has 0 spiro atoms. The van der Waals surface area contributed by atoms with E-state index in [0.717, 1.165) is 27.7 Å². The van der Waals surface area contributed by atoms with Crippen LogP contribution in [0.15, 0.2) is 12.7 Å². The Morgan fingerprint density at radius 1 is 0.750 bits per heavy atom. The quantitative estimate of drug-likeness (QED) is 0.345. The Balaban J connectivity index is 5.90. The van der Waals surface area contributed by atoms with Gasteiger partial charge in [-0.2, -0.15) is 0 Å². The first kappa shape index (κ1) is 19.5. The van der Waals surface area contributed by atoms with Gasteiger partial charge in [0.2, 0.25) is 0 Å². The molecule has 0 heterocycles. The van der Waals surface area contributed by atoms with Crippen LogP contribution in [0.3, 0.4) is 0 Å². The van der Waals surface area contributed by atoms with E-state index in [-0.39, 0.29) is 6.42 Å². The summed E-state index contributed by atoms with van der Waals surface area (Å²) >= 11 is 0. The minimum atomic E-state index is -2.33. The second-order valence-corrected chi connectivity index (χ2v) is 6.42. The summed E-state index contributed by atoms with van der Waals surface area (Å²) in [6.07, 6.45) is 1.32. The highest BCUT2D eigenvalue weighted by Gasteiger charge is 2.66. The van der Waals surface area contributed by atoms with E-state index in [1.54, 1.807) is 0 Å². The van der Waals surface area contributed by atoms with Gasteiger partial charge in [-0.1, -0.05) is 6.08 Å². The van der Waals surface area contributed by atoms with E-state index in [1.165, 1.54) is 13.0 Å². The summed E-state index contributed by atoms with van der Waals surface area (Å²) < 4.78 is 0. The van der Waals surface area contributed by atoms with Gasteiger partial charge in [-0.05, 0) is 41.0 Å². The summed E-state index contributed by atoms with van der Waals surface area (Å²) in [5, 5.41) is 61.3. The Bertz CT molecular complexity index is 355. The molecule has 0 bridgehead atoms. The van der Waals surface area contributed by atoms with Crippen molar-refractivity contribution in [1.29, 1.82) is 0 Å². The van der Waals surface area contributed by atoms with Crippen molar-refractivity contribution in [2.24, 2.45) is 0 Å². The van der Waals surface area contributed by atoms with Crippen LogP contribution < -0.4 is 0 Å². The third-order valence-corrected chi connectivity index (χ3v) is 4.84. The molecule has 0 aromatic rings. The molecule has 0 aliphatic heterocycles. The lowest BCUT2D eigenvalue weighted by molar-refractivity contribution is -0.316. The average molecular weight is 292 g/mol. The Morgan fingerprint density at radius 2 is 1.10 bits per heavy atom. The van der Waals surface area contributed by atoms with E-state index < -0.39 is 34.6 Å². The van der Waals surface area contributed by atoms with E-state index >= 15 is 0 Å². The first-order chi connectivity index (χ1) is 8.62. The smallest absolute Gasteiger partial charge is 0.124 e. The fraction of sp³-hybridized carbons (Fsp3) is 0.857. The van der Waals surface area contributed by atoms with Crippen molar-refractivity contribution in [3.63, 3.8) is 0 Å². The second kappa shape index (κ2) is 5.36. The van der Waals surface area contributed by atoms with E-state index in [0.29, 0.717) is 0 Å². The van der Waals surface area contributed by atoms with Crippen molar-refractivity contribution in [3.05, 3.63) is 12.7 Å². The second-order valence-electron chi connectivity index (χ2n) is 6.42. The van der Waals surface area contributed by atoms with Crippen LogP contribution in [0.25, 0.3) is 0 Å². The van der Waals surface area contributed by atoms with Gasteiger partial charge in [0.25, 0.3) is 0 Å². The van der Waals surface area contributed by atoms with Gasteiger partial charge in [0.05, 0.1) is 12.2 Å². The van der Waals surface area contributed by atoms with Crippen LogP contribution in [0.5, 0.6) is 0 Å². The number of hydrogen-bond donors (Lipinski definition) is 6. The zero-order chi connectivity index (χ0) is 16.6. The van der Waals surface area contributed by atoms with Crippen molar-refractivity contribution >= 4 is 0 Å². The van der Waals surface area contributed by atoms with Gasteiger partial charge in [0, 0.05) is 0 Å². The summed E-state index contributed by atoms with van der Waals surface area (Å²) in [4.78, 5) is 0. The summed E-state index contributed by atoms with van der Waals surface area (Å²) in [7, 11) is 0. The van der Waals surface area contributed by atoms with Gasteiger partial charge in [0.15, 0.2) is 0 Å². The van der Waals surface area contributed by atoms with Gasteiger partial charge >= 0.3 is 0 Å². The highest BCUT2D eigenvalue weighted by Crippen LogP contribution is 2.45. The third kappa shape index (κ3) is 2.64. The number of rotatable bonds is 7. The van der Waals surface area contributed by atoms with Gasteiger partial charge < -0.3 is 30.6 Å². The molecule has 120 valence electrons. The molecule has 6 nitrogen and oxygen atoms in total. The molecule has 0 rings (SSSR count). The SMILES string of the molecule is C=CCC(C)(O)C(C)(O)C(C)(O)C(C)(O)C(C)(O)CO. The summed E-state index contributed by atoms with van der Waals surface area (Å²) in [6.45, 7) is 8.36. The first-order valence-electron chi connectivity index (χ1n) is 6.46. The molecule has 20 heavy (non-hydrogen) atoms. The Labute approximate surface area is 120 Å². The van der Waals surface area contributed by atoms with Gasteiger partial charge in [0.1, 0.15) is 22.4 Å². The molecular weight excluding hydrogens is 264 g/mol. The van der Waals surface area contributed by atoms with E-state index in [2.05, 4.69) is 6.58 Å². The van der Waals surface area contributed by atoms with Crippen molar-refractivity contribution in [2.45, 2.75) is 69.0 Å². The molecule has 5 unspecified atom stereocenters. The van der Waals surface area contributed by atoms with Crippen LogP contribution in [0.1, 0.15) is 41.0 Å². The fourth-order valence-electron chi connectivity index (χ4n) is 2.16. The predicted molar refractivity (Wildman–Crippen MR) is 75.0 cm³/mol. The lowest BCUT2D eigenvalue weighted by atomic mass is 9.61. The molecule has 6 N–H and O–H groups in total. The predicted octanol–water partition coefficient (Wildman–Crippen LogP) is -0.690. The molecule has 0 amide bonds. The minimum Gasteiger partial charge on any atom is -0.393 e. The van der Waals surface area contributed by atoms with Crippen LogP contribution >= 0.6 is 0 Å². The Kier molecular flexibility index (Phi) is 5.23. The van der Waals surface area contributed by atoms with E-state index in [4.69, 9.17) is 0 Å². The monoisotopic (exact) mass is 292 g/mol. The minimum absolute atomic E-state index is 0.0481. The maximum atomic E-state index is 10.6. The summed E-state index contributed by atoms with van der Waals surface area (Å²) in [5.74, 6) is 0. The Hall–Kier alpha value is -0.500. The van der Waals surface area contributed by atoms with Crippen molar-refractivity contribution in [3.8, 4) is 0 Å². The number of aliphatic hydroxyl groups is 6. The van der Waals surface area contributed by atoms with Gasteiger partial charge in [-0.3, -0.25) is 0 Å². The fourth-order valence-corrected chi connectivity index (χ4v) is 2.16. The molecular formula is C14H28O6. The molecule has 0 aromatic carbocycles. The number of aliphatic hydroxyl groups excluding tert-OH is 1. The maximum Gasteiger partial charge on any atom is 0.124 e. The van der Waals surface area contributed by atoms with Crippen LogP contribution in [0.2, 0.25) is 0 Å². The largest absolute Gasteiger partial charge is 0.393 e. The zero-order valence-electron chi connectivity index (χ0n) is 12.9. The molecule has 0 fully saturated rings. The standard InChI is InChI=1S/C14H28O6/c1-7-8-10(2,16)12(4,18)14(6,20)13(5,19)11(3,17)9-15/h7,15-20H,1,8-9H2,2-6H3. The van der Waals surface area contributed by atoms with E-state index in [9.17, 15) is 30.6 Å². The lowest BCUT2D eigenvalue weighted by Crippen LogP contribution is -2.77. The van der Waals surface area contributed by atoms with Crippen molar-refractivity contribution in [2.75, 3.05) is 6.61 Å². The topological polar surface area (TPSA) is 121 Å².